The summed E-state index contributed by atoms with van der Waals surface area (Å²) >= 11 is 0. The molecule has 1 fully saturated rings. The van der Waals surface area contributed by atoms with Crippen LogP contribution in [0.4, 0.5) is 11.8 Å². The van der Waals surface area contributed by atoms with Crippen molar-refractivity contribution < 1.29 is 14.3 Å². The Hall–Kier alpha value is -3.03. The van der Waals surface area contributed by atoms with E-state index in [1.165, 1.54) is 12.8 Å². The molecule has 8 heteroatoms. The van der Waals surface area contributed by atoms with E-state index < -0.39 is 0 Å². The highest BCUT2D eigenvalue weighted by atomic mass is 16.5. The number of rotatable bonds is 5. The van der Waals surface area contributed by atoms with E-state index in [2.05, 4.69) is 4.90 Å². The first kappa shape index (κ1) is 20.3. The number of carbonyl (C=O) groups is 1. The standard InChI is InChI=1S/C22H29N5O3/c1-25(2)20-18-14-27(21(28)15-11-16(29-3)13-17(12-15)30-4)10-7-19(18)23-22(24-20)26-8-5-6-9-26/h11-13H,5-10,14H2,1-4H3. The van der Waals surface area contributed by atoms with E-state index in [-0.39, 0.29) is 5.91 Å². The molecule has 0 radical (unpaired) electrons. The molecule has 160 valence electrons. The number of ether oxygens (including phenoxy) is 2. The van der Waals surface area contributed by atoms with Crippen molar-refractivity contribution in [1.29, 1.82) is 0 Å². The van der Waals surface area contributed by atoms with E-state index in [1.807, 2.05) is 23.9 Å². The SMILES string of the molecule is COc1cc(OC)cc(C(=O)N2CCc3nc(N4CCCC4)nc(N(C)C)c3C2)c1. The van der Waals surface area contributed by atoms with Gasteiger partial charge < -0.3 is 24.2 Å². The number of fused-ring (bicyclic) bond motifs is 1. The summed E-state index contributed by atoms with van der Waals surface area (Å²) in [5.41, 5.74) is 2.62. The monoisotopic (exact) mass is 411 g/mol. The van der Waals surface area contributed by atoms with Gasteiger partial charge in [-0.3, -0.25) is 4.79 Å². The molecule has 4 rings (SSSR count). The average molecular weight is 412 g/mol. The molecule has 0 N–H and O–H groups in total. The van der Waals surface area contributed by atoms with E-state index in [4.69, 9.17) is 19.4 Å². The summed E-state index contributed by atoms with van der Waals surface area (Å²) in [6.45, 7) is 3.12. The lowest BCUT2D eigenvalue weighted by molar-refractivity contribution is 0.0733. The minimum Gasteiger partial charge on any atom is -0.497 e. The predicted molar refractivity (Wildman–Crippen MR) is 116 cm³/mol. The van der Waals surface area contributed by atoms with Crippen molar-refractivity contribution in [3.8, 4) is 11.5 Å². The van der Waals surface area contributed by atoms with Gasteiger partial charge >= 0.3 is 0 Å². The number of nitrogens with zero attached hydrogens (tertiary/aromatic N) is 5. The summed E-state index contributed by atoms with van der Waals surface area (Å²) in [4.78, 5) is 29.1. The molecular formula is C22H29N5O3. The van der Waals surface area contributed by atoms with E-state index in [1.54, 1.807) is 32.4 Å². The zero-order chi connectivity index (χ0) is 21.3. The van der Waals surface area contributed by atoms with Crippen LogP contribution in [0.3, 0.4) is 0 Å². The Morgan fingerprint density at radius 1 is 1.00 bits per heavy atom. The van der Waals surface area contributed by atoms with Crippen molar-refractivity contribution in [3.63, 3.8) is 0 Å². The lowest BCUT2D eigenvalue weighted by Gasteiger charge is -2.32. The molecule has 0 spiro atoms. The predicted octanol–water partition coefficient (Wildman–Crippen LogP) is 2.36. The third-order valence-electron chi connectivity index (χ3n) is 5.72. The van der Waals surface area contributed by atoms with Crippen LogP contribution < -0.4 is 19.3 Å². The molecular weight excluding hydrogens is 382 g/mol. The number of benzene rings is 1. The molecule has 3 heterocycles. The quantitative estimate of drug-likeness (QED) is 0.748. The fourth-order valence-corrected chi connectivity index (χ4v) is 4.10. The van der Waals surface area contributed by atoms with Crippen molar-refractivity contribution in [3.05, 3.63) is 35.0 Å². The molecule has 0 bridgehead atoms. The molecule has 30 heavy (non-hydrogen) atoms. The van der Waals surface area contributed by atoms with E-state index >= 15 is 0 Å². The van der Waals surface area contributed by atoms with Crippen molar-refractivity contribution in [2.24, 2.45) is 0 Å². The smallest absolute Gasteiger partial charge is 0.254 e. The molecule has 2 aliphatic rings. The van der Waals surface area contributed by atoms with E-state index in [0.29, 0.717) is 36.6 Å². The largest absolute Gasteiger partial charge is 0.497 e. The molecule has 2 aliphatic heterocycles. The van der Waals surface area contributed by atoms with Gasteiger partial charge in [-0.15, -0.1) is 0 Å². The number of aromatic nitrogens is 2. The molecule has 1 saturated heterocycles. The third-order valence-corrected chi connectivity index (χ3v) is 5.72. The first-order valence-electron chi connectivity index (χ1n) is 10.3. The number of hydrogen-bond donors (Lipinski definition) is 0. The van der Waals surface area contributed by atoms with Crippen LogP contribution >= 0.6 is 0 Å². The Morgan fingerprint density at radius 2 is 1.67 bits per heavy atom. The van der Waals surface area contributed by atoms with Crippen LogP contribution in [0, 0.1) is 0 Å². The molecule has 0 saturated carbocycles. The fraction of sp³-hybridized carbons (Fsp3) is 0.500. The lowest BCUT2D eigenvalue weighted by Crippen LogP contribution is -2.38. The summed E-state index contributed by atoms with van der Waals surface area (Å²) < 4.78 is 10.6. The molecule has 0 unspecified atom stereocenters. The van der Waals surface area contributed by atoms with Crippen LogP contribution in [0.5, 0.6) is 11.5 Å². The van der Waals surface area contributed by atoms with Gasteiger partial charge in [0.05, 0.1) is 26.5 Å². The summed E-state index contributed by atoms with van der Waals surface area (Å²) in [5.74, 6) is 2.85. The first-order chi connectivity index (χ1) is 14.5. The number of amides is 1. The van der Waals surface area contributed by atoms with Crippen LogP contribution in [0.15, 0.2) is 18.2 Å². The minimum absolute atomic E-state index is 0.0498. The van der Waals surface area contributed by atoms with Crippen molar-refractivity contribution in [2.45, 2.75) is 25.8 Å². The normalized spacial score (nSPS) is 15.7. The molecule has 1 amide bonds. The van der Waals surface area contributed by atoms with Crippen LogP contribution in [0.1, 0.15) is 34.5 Å². The minimum atomic E-state index is -0.0498. The summed E-state index contributed by atoms with van der Waals surface area (Å²) in [6, 6.07) is 5.26. The summed E-state index contributed by atoms with van der Waals surface area (Å²) in [7, 11) is 7.14. The van der Waals surface area contributed by atoms with Gasteiger partial charge in [-0.2, -0.15) is 4.98 Å². The highest BCUT2D eigenvalue weighted by Crippen LogP contribution is 2.31. The lowest BCUT2D eigenvalue weighted by atomic mass is 10.0. The summed E-state index contributed by atoms with van der Waals surface area (Å²) in [5, 5.41) is 0. The Kier molecular flexibility index (Phi) is 5.65. The Bertz CT molecular complexity index is 918. The van der Waals surface area contributed by atoms with Gasteiger partial charge in [0.2, 0.25) is 5.95 Å². The molecule has 8 nitrogen and oxygen atoms in total. The molecule has 0 aliphatic carbocycles. The topological polar surface area (TPSA) is 71.0 Å². The zero-order valence-corrected chi connectivity index (χ0v) is 18.1. The second-order valence-electron chi connectivity index (χ2n) is 7.94. The average Bonchev–Trinajstić information content (AvgIpc) is 3.32. The van der Waals surface area contributed by atoms with Gasteiger partial charge in [-0.05, 0) is 25.0 Å². The van der Waals surface area contributed by atoms with Gasteiger partial charge in [0, 0.05) is 57.3 Å². The van der Waals surface area contributed by atoms with Crippen LogP contribution in [-0.2, 0) is 13.0 Å². The highest BCUT2D eigenvalue weighted by Gasteiger charge is 2.28. The number of hydrogen-bond acceptors (Lipinski definition) is 7. The number of anilines is 2. The van der Waals surface area contributed by atoms with Crippen LogP contribution in [-0.4, -0.2) is 68.7 Å². The second kappa shape index (κ2) is 8.38. The van der Waals surface area contributed by atoms with Crippen molar-refractivity contribution >= 4 is 17.7 Å². The maximum atomic E-state index is 13.3. The van der Waals surface area contributed by atoms with Gasteiger partial charge in [0.25, 0.3) is 5.91 Å². The molecule has 0 atom stereocenters. The van der Waals surface area contributed by atoms with Gasteiger partial charge in [0.15, 0.2) is 0 Å². The molecule has 2 aromatic rings. The van der Waals surface area contributed by atoms with E-state index in [0.717, 1.165) is 36.1 Å². The molecule has 1 aromatic carbocycles. The maximum Gasteiger partial charge on any atom is 0.254 e. The van der Waals surface area contributed by atoms with Crippen molar-refractivity contribution in [2.75, 3.05) is 57.7 Å². The number of carbonyl (C=O) groups excluding carboxylic acids is 1. The molecule has 1 aromatic heterocycles. The van der Waals surface area contributed by atoms with Crippen molar-refractivity contribution in [1.82, 2.24) is 14.9 Å². The maximum absolute atomic E-state index is 13.3. The third kappa shape index (κ3) is 3.86. The van der Waals surface area contributed by atoms with Gasteiger partial charge in [0.1, 0.15) is 17.3 Å². The Morgan fingerprint density at radius 3 is 2.27 bits per heavy atom. The number of methoxy groups -OCH3 is 2. The Balaban J connectivity index is 1.63. The fourth-order valence-electron chi connectivity index (χ4n) is 4.10. The summed E-state index contributed by atoms with van der Waals surface area (Å²) in [6.07, 6.45) is 3.08. The van der Waals surface area contributed by atoms with Gasteiger partial charge in [-0.1, -0.05) is 0 Å². The second-order valence-corrected chi connectivity index (χ2v) is 7.94. The Labute approximate surface area is 177 Å². The van der Waals surface area contributed by atoms with Crippen LogP contribution in [0.2, 0.25) is 0 Å². The van der Waals surface area contributed by atoms with E-state index in [9.17, 15) is 4.79 Å². The zero-order valence-electron chi connectivity index (χ0n) is 18.1. The highest BCUT2D eigenvalue weighted by molar-refractivity contribution is 5.95. The van der Waals surface area contributed by atoms with Crippen LogP contribution in [0.25, 0.3) is 0 Å². The van der Waals surface area contributed by atoms with Gasteiger partial charge in [-0.25, -0.2) is 4.98 Å². The first-order valence-corrected chi connectivity index (χ1v) is 10.3.